The van der Waals surface area contributed by atoms with Crippen molar-refractivity contribution in [2.75, 3.05) is 0 Å². The Morgan fingerprint density at radius 2 is 2.08 bits per heavy atom. The number of carboxylic acid groups (broad SMARTS) is 1. The summed E-state index contributed by atoms with van der Waals surface area (Å²) >= 11 is 0. The van der Waals surface area contributed by atoms with Gasteiger partial charge in [-0.15, -0.1) is 0 Å². The first-order valence-electron chi connectivity index (χ1n) is 7.37. The summed E-state index contributed by atoms with van der Waals surface area (Å²) in [5.74, 6) is -1.45. The van der Waals surface area contributed by atoms with Crippen LogP contribution in [0.4, 0.5) is 4.39 Å². The van der Waals surface area contributed by atoms with Crippen molar-refractivity contribution in [1.29, 1.82) is 0 Å². The fourth-order valence-electron chi connectivity index (χ4n) is 2.32. The highest BCUT2D eigenvalue weighted by Gasteiger charge is 2.16. The van der Waals surface area contributed by atoms with Gasteiger partial charge < -0.3 is 14.8 Å². The average Bonchev–Trinajstić information content (AvgIpc) is 3.20. The third-order valence-corrected chi connectivity index (χ3v) is 3.54. The van der Waals surface area contributed by atoms with Crippen molar-refractivity contribution < 1.29 is 23.5 Å². The molecule has 0 atom stereocenters. The Kier molecular flexibility index (Phi) is 4.34. The van der Waals surface area contributed by atoms with E-state index < -0.39 is 17.7 Å². The van der Waals surface area contributed by atoms with Crippen LogP contribution in [0.15, 0.2) is 47.0 Å². The Bertz CT molecular complexity index is 945. The number of carbonyl (C=O) groups is 2. The van der Waals surface area contributed by atoms with Crippen LogP contribution in [0.2, 0.25) is 0 Å². The third-order valence-electron chi connectivity index (χ3n) is 3.54. The first-order chi connectivity index (χ1) is 12.0. The molecule has 2 N–H and O–H groups in total. The van der Waals surface area contributed by atoms with Gasteiger partial charge in [-0.3, -0.25) is 4.79 Å². The summed E-state index contributed by atoms with van der Waals surface area (Å²) in [5, 5.41) is 15.6. The number of amides is 1. The number of aromatic carboxylic acids is 1. The molecule has 128 valence electrons. The molecule has 0 aliphatic heterocycles. The molecule has 2 heterocycles. The molecule has 0 saturated heterocycles. The molecule has 0 bridgehead atoms. The van der Waals surface area contributed by atoms with E-state index >= 15 is 0 Å². The molecule has 0 unspecified atom stereocenters. The van der Waals surface area contributed by atoms with E-state index in [0.29, 0.717) is 5.76 Å². The number of rotatable bonds is 5. The van der Waals surface area contributed by atoms with Crippen molar-refractivity contribution in [1.82, 2.24) is 15.1 Å². The van der Waals surface area contributed by atoms with Crippen molar-refractivity contribution >= 4 is 11.9 Å². The van der Waals surface area contributed by atoms with Gasteiger partial charge in [-0.25, -0.2) is 13.9 Å². The highest BCUT2D eigenvalue weighted by molar-refractivity contribution is 5.92. The van der Waals surface area contributed by atoms with Crippen LogP contribution in [0.25, 0.3) is 5.69 Å². The lowest BCUT2D eigenvalue weighted by Gasteiger charge is -2.02. The van der Waals surface area contributed by atoms with Crippen LogP contribution < -0.4 is 5.32 Å². The van der Waals surface area contributed by atoms with E-state index in [-0.39, 0.29) is 29.2 Å². The number of carboxylic acids is 1. The van der Waals surface area contributed by atoms with Crippen molar-refractivity contribution in [3.63, 3.8) is 0 Å². The molecule has 0 spiro atoms. The molecule has 1 aromatic carbocycles. The molecular formula is C17H14FN3O4. The molecule has 3 rings (SSSR count). The monoisotopic (exact) mass is 343 g/mol. The molecule has 0 aliphatic carbocycles. The van der Waals surface area contributed by atoms with Crippen molar-refractivity contribution in [3.8, 4) is 5.69 Å². The lowest BCUT2D eigenvalue weighted by molar-refractivity contribution is 0.0694. The van der Waals surface area contributed by atoms with E-state index in [0.717, 1.165) is 0 Å². The predicted octanol–water partition coefficient (Wildman–Crippen LogP) is 2.54. The van der Waals surface area contributed by atoms with Crippen molar-refractivity contribution in [3.05, 3.63) is 71.2 Å². The van der Waals surface area contributed by atoms with E-state index in [1.54, 1.807) is 18.2 Å². The summed E-state index contributed by atoms with van der Waals surface area (Å²) in [4.78, 5) is 23.1. The molecule has 0 fully saturated rings. The zero-order chi connectivity index (χ0) is 18.0. The zero-order valence-electron chi connectivity index (χ0n) is 13.2. The predicted molar refractivity (Wildman–Crippen MR) is 85.1 cm³/mol. The van der Waals surface area contributed by atoms with Gasteiger partial charge in [-0.2, -0.15) is 5.10 Å². The molecule has 25 heavy (non-hydrogen) atoms. The van der Waals surface area contributed by atoms with Gasteiger partial charge in [0.15, 0.2) is 5.69 Å². The van der Waals surface area contributed by atoms with Gasteiger partial charge in [-0.05, 0) is 31.2 Å². The first kappa shape index (κ1) is 16.4. The van der Waals surface area contributed by atoms with Gasteiger partial charge >= 0.3 is 5.97 Å². The smallest absolute Gasteiger partial charge is 0.339 e. The van der Waals surface area contributed by atoms with Gasteiger partial charge in [0, 0.05) is 6.20 Å². The molecule has 0 aliphatic rings. The van der Waals surface area contributed by atoms with E-state index in [1.165, 1.54) is 36.0 Å². The minimum absolute atomic E-state index is 0.0134. The Morgan fingerprint density at radius 1 is 1.32 bits per heavy atom. The Balaban J connectivity index is 1.69. The van der Waals surface area contributed by atoms with Crippen molar-refractivity contribution in [2.45, 2.75) is 13.5 Å². The van der Waals surface area contributed by atoms with Gasteiger partial charge in [0.25, 0.3) is 5.91 Å². The minimum Gasteiger partial charge on any atom is -0.478 e. The van der Waals surface area contributed by atoms with Gasteiger partial charge in [-0.1, -0.05) is 12.1 Å². The number of nitrogens with one attached hydrogen (secondary N) is 1. The molecule has 0 radical (unpaired) electrons. The summed E-state index contributed by atoms with van der Waals surface area (Å²) in [5.41, 5.74) is 0.382. The number of nitrogens with zero attached hydrogens (tertiary/aromatic N) is 2. The van der Waals surface area contributed by atoms with Crippen LogP contribution in [0.1, 0.15) is 32.4 Å². The Morgan fingerprint density at radius 3 is 2.76 bits per heavy atom. The van der Waals surface area contributed by atoms with E-state index in [1.807, 2.05) is 0 Å². The molecular weight excluding hydrogens is 329 g/mol. The summed E-state index contributed by atoms with van der Waals surface area (Å²) < 4.78 is 20.3. The summed E-state index contributed by atoms with van der Waals surface area (Å²) in [7, 11) is 0. The quantitative estimate of drug-likeness (QED) is 0.742. The molecule has 0 saturated carbocycles. The number of furan rings is 1. The van der Waals surface area contributed by atoms with Crippen LogP contribution in [-0.4, -0.2) is 26.8 Å². The maximum atomic E-state index is 13.7. The number of aromatic nitrogens is 2. The van der Waals surface area contributed by atoms with Crippen molar-refractivity contribution in [2.24, 2.45) is 0 Å². The molecule has 2 aromatic heterocycles. The maximum absolute atomic E-state index is 13.7. The maximum Gasteiger partial charge on any atom is 0.339 e. The number of aryl methyl sites for hydroxylation is 1. The van der Waals surface area contributed by atoms with Crippen LogP contribution in [0, 0.1) is 12.7 Å². The fraction of sp³-hybridized carbons (Fsp3) is 0.118. The first-order valence-corrected chi connectivity index (χ1v) is 7.37. The standard InChI is InChI=1S/C17H14FN3O4/c1-10-12(17(23)24)8-11(25-10)9-19-16(22)14-6-7-21(20-14)15-5-3-2-4-13(15)18/h2-8H,9H2,1H3,(H,19,22)(H,23,24). The average molecular weight is 343 g/mol. The summed E-state index contributed by atoms with van der Waals surface area (Å²) in [6, 6.07) is 8.89. The Hall–Kier alpha value is -3.42. The third kappa shape index (κ3) is 3.42. The Labute approximate surface area is 141 Å². The molecule has 3 aromatic rings. The molecule has 7 nitrogen and oxygen atoms in total. The van der Waals surface area contributed by atoms with E-state index in [4.69, 9.17) is 9.52 Å². The highest BCUT2D eigenvalue weighted by atomic mass is 19.1. The highest BCUT2D eigenvalue weighted by Crippen LogP contribution is 2.15. The van der Waals surface area contributed by atoms with E-state index in [9.17, 15) is 14.0 Å². The van der Waals surface area contributed by atoms with Crippen LogP contribution >= 0.6 is 0 Å². The number of benzene rings is 1. The van der Waals surface area contributed by atoms with Crippen LogP contribution in [-0.2, 0) is 6.54 Å². The second kappa shape index (κ2) is 6.60. The van der Waals surface area contributed by atoms with Gasteiger partial charge in [0.2, 0.25) is 0 Å². The largest absolute Gasteiger partial charge is 0.478 e. The number of para-hydroxylation sites is 1. The summed E-state index contributed by atoms with van der Waals surface area (Å²) in [6.45, 7) is 1.55. The van der Waals surface area contributed by atoms with E-state index in [2.05, 4.69) is 10.4 Å². The number of carbonyl (C=O) groups excluding carboxylic acids is 1. The zero-order valence-corrected chi connectivity index (χ0v) is 13.2. The fourth-order valence-corrected chi connectivity index (χ4v) is 2.32. The van der Waals surface area contributed by atoms with Gasteiger partial charge in [0.05, 0.1) is 6.54 Å². The number of halogens is 1. The molecule has 1 amide bonds. The van der Waals surface area contributed by atoms with Gasteiger partial charge in [0.1, 0.15) is 28.6 Å². The summed E-state index contributed by atoms with van der Waals surface area (Å²) in [6.07, 6.45) is 1.48. The van der Waals surface area contributed by atoms with Crippen LogP contribution in [0.5, 0.6) is 0 Å². The second-order valence-corrected chi connectivity index (χ2v) is 5.27. The second-order valence-electron chi connectivity index (χ2n) is 5.27. The van der Waals surface area contributed by atoms with Crippen LogP contribution in [0.3, 0.4) is 0 Å². The SMILES string of the molecule is Cc1oc(CNC(=O)c2ccn(-c3ccccc3F)n2)cc1C(=O)O. The number of hydrogen-bond acceptors (Lipinski definition) is 4. The lowest BCUT2D eigenvalue weighted by atomic mass is 10.2. The normalized spacial score (nSPS) is 10.6. The minimum atomic E-state index is -1.09. The molecule has 8 heteroatoms. The lowest BCUT2D eigenvalue weighted by Crippen LogP contribution is -2.23. The topological polar surface area (TPSA) is 97.4 Å². The number of hydrogen-bond donors (Lipinski definition) is 2.